The molecule has 0 aromatic rings. The Morgan fingerprint density at radius 3 is 2.27 bits per heavy atom. The van der Waals surface area contributed by atoms with Gasteiger partial charge in [-0.3, -0.25) is 14.4 Å². The van der Waals surface area contributed by atoms with Crippen molar-refractivity contribution in [2.75, 3.05) is 19.0 Å². The number of aliphatic carboxylic acids is 1. The average Bonchev–Trinajstić information content (AvgIpc) is 2.99. The quantitative estimate of drug-likeness (QED) is 0.345. The lowest BCUT2D eigenvalue weighted by atomic mass is 10.1. The molecule has 1 atom stereocenters. The molecule has 1 N–H and O–H groups in total. The third-order valence-corrected chi connectivity index (χ3v) is 6.04. The van der Waals surface area contributed by atoms with Crippen molar-refractivity contribution in [2.24, 2.45) is 0 Å². The van der Waals surface area contributed by atoms with Gasteiger partial charge in [0, 0.05) is 17.4 Å². The number of rotatable bonds is 11. The Balaban J connectivity index is 1.90. The lowest BCUT2D eigenvalue weighted by Gasteiger charge is -2.07. The maximum Gasteiger partial charge on any atom is 0.306 e. The van der Waals surface area contributed by atoms with E-state index in [0.717, 1.165) is 24.5 Å². The predicted octanol–water partition coefficient (Wildman–Crippen LogP) is 2.65. The first-order valence-corrected chi connectivity index (χ1v) is 9.77. The van der Waals surface area contributed by atoms with Gasteiger partial charge in [0.05, 0.1) is 12.8 Å². The first-order chi connectivity index (χ1) is 10.6. The van der Waals surface area contributed by atoms with Gasteiger partial charge >= 0.3 is 17.9 Å². The van der Waals surface area contributed by atoms with Crippen molar-refractivity contribution < 1.29 is 29.0 Å². The lowest BCUT2D eigenvalue weighted by Crippen LogP contribution is -2.14. The molecule has 1 saturated heterocycles. The van der Waals surface area contributed by atoms with Crippen LogP contribution in [0.15, 0.2) is 0 Å². The molecule has 0 amide bonds. The Hall–Kier alpha value is -0.890. The van der Waals surface area contributed by atoms with Gasteiger partial charge in [0.15, 0.2) is 0 Å². The maximum absolute atomic E-state index is 11.4. The molecule has 8 heteroatoms. The highest BCUT2D eigenvalue weighted by Gasteiger charge is 2.16. The van der Waals surface area contributed by atoms with Crippen LogP contribution in [-0.2, 0) is 23.9 Å². The zero-order chi connectivity index (χ0) is 16.2. The number of ether oxygens (including phenoxy) is 2. The molecule has 0 radical (unpaired) electrons. The maximum atomic E-state index is 11.4. The topological polar surface area (TPSA) is 89.9 Å². The Morgan fingerprint density at radius 1 is 1.00 bits per heavy atom. The van der Waals surface area contributed by atoms with Gasteiger partial charge in [0.1, 0.15) is 13.2 Å². The molecular formula is C14H22O6S2. The molecule has 126 valence electrons. The number of carbonyl (C=O) groups is 3. The molecule has 1 aliphatic rings. The van der Waals surface area contributed by atoms with Crippen LogP contribution < -0.4 is 0 Å². The van der Waals surface area contributed by atoms with E-state index < -0.39 is 11.9 Å². The van der Waals surface area contributed by atoms with E-state index in [1.54, 1.807) is 0 Å². The standard InChI is InChI=1S/C14H22O6S2/c15-12(16)5-6-14(18)20-9-8-19-13(17)4-2-1-3-11-7-10-21-22-11/h11H,1-10H2,(H,15,16). The van der Waals surface area contributed by atoms with Crippen LogP contribution in [0, 0.1) is 0 Å². The molecule has 0 saturated carbocycles. The predicted molar refractivity (Wildman–Crippen MR) is 85.7 cm³/mol. The van der Waals surface area contributed by atoms with Crippen LogP contribution in [0.2, 0.25) is 0 Å². The molecule has 1 heterocycles. The number of esters is 2. The summed E-state index contributed by atoms with van der Waals surface area (Å²) in [7, 11) is 3.86. The van der Waals surface area contributed by atoms with E-state index in [2.05, 4.69) is 0 Å². The summed E-state index contributed by atoms with van der Waals surface area (Å²) in [6.45, 7) is -0.00705. The van der Waals surface area contributed by atoms with Crippen molar-refractivity contribution in [2.45, 2.75) is 50.2 Å². The van der Waals surface area contributed by atoms with Gasteiger partial charge in [-0.25, -0.2) is 0 Å². The zero-order valence-electron chi connectivity index (χ0n) is 12.5. The Morgan fingerprint density at radius 2 is 1.68 bits per heavy atom. The van der Waals surface area contributed by atoms with E-state index >= 15 is 0 Å². The van der Waals surface area contributed by atoms with E-state index in [1.807, 2.05) is 21.6 Å². The molecule has 0 aliphatic carbocycles. The number of hydrogen-bond donors (Lipinski definition) is 1. The molecule has 0 aromatic carbocycles. The number of carboxylic acids is 1. The minimum atomic E-state index is -1.04. The van der Waals surface area contributed by atoms with E-state index in [-0.39, 0.29) is 32.0 Å². The van der Waals surface area contributed by atoms with Crippen LogP contribution >= 0.6 is 21.6 Å². The Labute approximate surface area is 138 Å². The summed E-state index contributed by atoms with van der Waals surface area (Å²) in [4.78, 5) is 32.8. The van der Waals surface area contributed by atoms with Crippen LogP contribution in [0.1, 0.15) is 44.9 Å². The van der Waals surface area contributed by atoms with Crippen LogP contribution in [-0.4, -0.2) is 47.2 Å². The summed E-state index contributed by atoms with van der Waals surface area (Å²) < 4.78 is 9.70. The normalized spacial score (nSPS) is 17.2. The number of hydrogen-bond acceptors (Lipinski definition) is 7. The first kappa shape index (κ1) is 19.2. The minimum absolute atomic E-state index is 0.0206. The SMILES string of the molecule is O=C(O)CCC(=O)OCCOC(=O)CCCCC1CCSS1. The van der Waals surface area contributed by atoms with Crippen LogP contribution in [0.5, 0.6) is 0 Å². The van der Waals surface area contributed by atoms with Gasteiger partial charge in [-0.05, 0) is 19.3 Å². The van der Waals surface area contributed by atoms with Crippen LogP contribution in [0.3, 0.4) is 0 Å². The van der Waals surface area contributed by atoms with Gasteiger partial charge in [-0.2, -0.15) is 0 Å². The molecule has 1 aliphatic heterocycles. The molecule has 0 bridgehead atoms. The van der Waals surface area contributed by atoms with Gasteiger partial charge in [-0.1, -0.05) is 28.0 Å². The highest BCUT2D eigenvalue weighted by molar-refractivity contribution is 8.77. The second kappa shape index (κ2) is 11.6. The molecule has 22 heavy (non-hydrogen) atoms. The average molecular weight is 350 g/mol. The fraction of sp³-hybridized carbons (Fsp3) is 0.786. The monoisotopic (exact) mass is 350 g/mol. The molecule has 1 fully saturated rings. The van der Waals surface area contributed by atoms with Crippen molar-refractivity contribution in [1.82, 2.24) is 0 Å². The van der Waals surface area contributed by atoms with Crippen molar-refractivity contribution >= 4 is 39.5 Å². The molecule has 0 aromatic heterocycles. The van der Waals surface area contributed by atoms with Crippen molar-refractivity contribution in [3.8, 4) is 0 Å². The van der Waals surface area contributed by atoms with Crippen LogP contribution in [0.4, 0.5) is 0 Å². The lowest BCUT2D eigenvalue weighted by molar-refractivity contribution is -0.153. The van der Waals surface area contributed by atoms with Gasteiger partial charge in [0.25, 0.3) is 0 Å². The largest absolute Gasteiger partial charge is 0.481 e. The number of unbranched alkanes of at least 4 members (excludes halogenated alkanes) is 1. The van der Waals surface area contributed by atoms with Gasteiger partial charge < -0.3 is 14.6 Å². The molecule has 0 spiro atoms. The third kappa shape index (κ3) is 9.94. The smallest absolute Gasteiger partial charge is 0.306 e. The van der Waals surface area contributed by atoms with Crippen molar-refractivity contribution in [1.29, 1.82) is 0 Å². The molecule has 6 nitrogen and oxygen atoms in total. The van der Waals surface area contributed by atoms with E-state index in [4.69, 9.17) is 14.6 Å². The fourth-order valence-corrected chi connectivity index (χ4v) is 4.90. The minimum Gasteiger partial charge on any atom is -0.481 e. The summed E-state index contributed by atoms with van der Waals surface area (Å²) in [5.74, 6) is -0.693. The zero-order valence-corrected chi connectivity index (χ0v) is 14.1. The summed E-state index contributed by atoms with van der Waals surface area (Å²) in [5, 5.41) is 9.13. The summed E-state index contributed by atoms with van der Waals surface area (Å²) in [6.07, 6.45) is 4.21. The van der Waals surface area contributed by atoms with E-state index in [0.29, 0.717) is 6.42 Å². The molecule has 1 unspecified atom stereocenters. The van der Waals surface area contributed by atoms with E-state index in [9.17, 15) is 14.4 Å². The van der Waals surface area contributed by atoms with Crippen molar-refractivity contribution in [3.05, 3.63) is 0 Å². The summed E-state index contributed by atoms with van der Waals surface area (Å²) in [5.41, 5.74) is 0. The molecular weight excluding hydrogens is 328 g/mol. The first-order valence-electron chi connectivity index (χ1n) is 7.39. The Kier molecular flexibility index (Phi) is 10.1. The van der Waals surface area contributed by atoms with E-state index in [1.165, 1.54) is 12.2 Å². The van der Waals surface area contributed by atoms with Crippen molar-refractivity contribution in [3.63, 3.8) is 0 Å². The summed E-state index contributed by atoms with van der Waals surface area (Å²) in [6, 6.07) is 0. The summed E-state index contributed by atoms with van der Waals surface area (Å²) >= 11 is 0. The fourth-order valence-electron chi connectivity index (χ4n) is 1.87. The third-order valence-electron chi connectivity index (χ3n) is 3.04. The van der Waals surface area contributed by atoms with Gasteiger partial charge in [0.2, 0.25) is 0 Å². The second-order valence-corrected chi connectivity index (χ2v) is 7.70. The Bertz CT molecular complexity index is 368. The number of carbonyl (C=O) groups excluding carboxylic acids is 2. The number of carboxylic acid groups (broad SMARTS) is 1. The van der Waals surface area contributed by atoms with Crippen LogP contribution in [0.25, 0.3) is 0 Å². The molecule has 1 rings (SSSR count). The highest BCUT2D eigenvalue weighted by atomic mass is 33.1. The highest BCUT2D eigenvalue weighted by Crippen LogP contribution is 2.39. The second-order valence-electron chi connectivity index (χ2n) is 4.91. The van der Waals surface area contributed by atoms with Gasteiger partial charge in [-0.15, -0.1) is 0 Å².